The topological polar surface area (TPSA) is 28.2 Å². The summed E-state index contributed by atoms with van der Waals surface area (Å²) in [6, 6.07) is 2.21. The molecular weight excluding hydrogens is 210 g/mol. The Hall–Kier alpha value is -1.25. The largest absolute Gasteiger partial charge is 0.384 e. The Morgan fingerprint density at radius 1 is 1.35 bits per heavy atom. The highest BCUT2D eigenvalue weighted by molar-refractivity contribution is 5.55. The minimum absolute atomic E-state index is 0.901. The van der Waals surface area contributed by atoms with Gasteiger partial charge in [-0.2, -0.15) is 0 Å². The molecule has 0 radical (unpaired) electrons. The summed E-state index contributed by atoms with van der Waals surface area (Å²) < 4.78 is 0. The van der Waals surface area contributed by atoms with Gasteiger partial charge in [0.1, 0.15) is 0 Å². The summed E-state index contributed by atoms with van der Waals surface area (Å²) in [7, 11) is 0. The zero-order valence-electron chi connectivity index (χ0n) is 10.9. The molecule has 0 aromatic carbocycles. The van der Waals surface area contributed by atoms with Gasteiger partial charge in [0.15, 0.2) is 0 Å². The number of aromatic nitrogens is 1. The number of nitrogens with zero attached hydrogens (tertiary/aromatic N) is 2. The van der Waals surface area contributed by atoms with Gasteiger partial charge in [0.25, 0.3) is 0 Å². The minimum atomic E-state index is 0.901. The number of hydrogen-bond donors (Lipinski definition) is 1. The van der Waals surface area contributed by atoms with Crippen LogP contribution in [0.2, 0.25) is 0 Å². The van der Waals surface area contributed by atoms with E-state index in [0.717, 1.165) is 24.7 Å². The highest BCUT2D eigenvalue weighted by atomic mass is 15.1. The van der Waals surface area contributed by atoms with E-state index in [1.54, 1.807) is 0 Å². The number of anilines is 2. The molecule has 1 aliphatic carbocycles. The number of rotatable bonds is 6. The summed E-state index contributed by atoms with van der Waals surface area (Å²) in [4.78, 5) is 6.76. The van der Waals surface area contributed by atoms with Crippen LogP contribution in [0.1, 0.15) is 33.1 Å². The molecular formula is C14H23N3. The Balaban J connectivity index is 2.03. The SMILES string of the molecule is CCNc1cncc(N(CC)CC2CCC2)c1. The summed E-state index contributed by atoms with van der Waals surface area (Å²) >= 11 is 0. The van der Waals surface area contributed by atoms with Crippen molar-refractivity contribution >= 4 is 11.4 Å². The lowest BCUT2D eigenvalue weighted by molar-refractivity contribution is 0.318. The van der Waals surface area contributed by atoms with E-state index in [4.69, 9.17) is 0 Å². The van der Waals surface area contributed by atoms with Crippen LogP contribution in [0.5, 0.6) is 0 Å². The van der Waals surface area contributed by atoms with E-state index in [-0.39, 0.29) is 0 Å². The number of pyridine rings is 1. The molecule has 0 saturated heterocycles. The first-order chi connectivity index (χ1) is 8.33. The number of nitrogens with one attached hydrogen (secondary N) is 1. The fourth-order valence-electron chi connectivity index (χ4n) is 2.31. The highest BCUT2D eigenvalue weighted by Gasteiger charge is 2.20. The van der Waals surface area contributed by atoms with E-state index in [9.17, 15) is 0 Å². The molecule has 0 spiro atoms. The second-order valence-electron chi connectivity index (χ2n) is 4.80. The lowest BCUT2D eigenvalue weighted by Crippen LogP contribution is -2.32. The molecule has 94 valence electrons. The molecule has 0 amide bonds. The van der Waals surface area contributed by atoms with Crippen molar-refractivity contribution < 1.29 is 0 Å². The van der Waals surface area contributed by atoms with Gasteiger partial charge >= 0.3 is 0 Å². The van der Waals surface area contributed by atoms with E-state index in [2.05, 4.69) is 35.1 Å². The lowest BCUT2D eigenvalue weighted by Gasteiger charge is -2.33. The first kappa shape index (κ1) is 12.2. The van der Waals surface area contributed by atoms with Gasteiger partial charge in [-0.15, -0.1) is 0 Å². The third-order valence-electron chi connectivity index (χ3n) is 3.55. The number of hydrogen-bond acceptors (Lipinski definition) is 3. The van der Waals surface area contributed by atoms with Crippen molar-refractivity contribution in [1.29, 1.82) is 0 Å². The first-order valence-electron chi connectivity index (χ1n) is 6.77. The van der Waals surface area contributed by atoms with E-state index in [1.165, 1.54) is 31.5 Å². The van der Waals surface area contributed by atoms with Crippen LogP contribution in [0.3, 0.4) is 0 Å². The maximum Gasteiger partial charge on any atom is 0.0573 e. The summed E-state index contributed by atoms with van der Waals surface area (Å²) in [5.41, 5.74) is 2.37. The van der Waals surface area contributed by atoms with Crippen LogP contribution < -0.4 is 10.2 Å². The van der Waals surface area contributed by atoms with Crippen LogP contribution in [0.25, 0.3) is 0 Å². The smallest absolute Gasteiger partial charge is 0.0573 e. The quantitative estimate of drug-likeness (QED) is 0.818. The standard InChI is InChI=1S/C14H23N3/c1-3-16-13-8-14(10-15-9-13)17(4-2)11-12-6-5-7-12/h8-10,12,16H,3-7,11H2,1-2H3. The summed E-state index contributed by atoms with van der Waals surface area (Å²) in [5, 5.41) is 3.32. The van der Waals surface area contributed by atoms with Crippen LogP contribution >= 0.6 is 0 Å². The van der Waals surface area contributed by atoms with Crippen LogP contribution in [0.4, 0.5) is 11.4 Å². The maximum absolute atomic E-state index is 4.32. The fraction of sp³-hybridized carbons (Fsp3) is 0.643. The summed E-state index contributed by atoms with van der Waals surface area (Å²) in [5.74, 6) is 0.901. The predicted octanol–water partition coefficient (Wildman–Crippen LogP) is 3.14. The van der Waals surface area contributed by atoms with Crippen LogP contribution in [-0.4, -0.2) is 24.6 Å². The second kappa shape index (κ2) is 5.89. The second-order valence-corrected chi connectivity index (χ2v) is 4.80. The fourth-order valence-corrected chi connectivity index (χ4v) is 2.31. The Kier molecular flexibility index (Phi) is 4.24. The Labute approximate surface area is 104 Å². The predicted molar refractivity (Wildman–Crippen MR) is 73.6 cm³/mol. The van der Waals surface area contributed by atoms with Crippen molar-refractivity contribution in [3.05, 3.63) is 18.5 Å². The summed E-state index contributed by atoms with van der Waals surface area (Å²) in [6.07, 6.45) is 8.08. The van der Waals surface area contributed by atoms with Gasteiger partial charge in [0, 0.05) is 19.6 Å². The van der Waals surface area contributed by atoms with Crippen LogP contribution in [-0.2, 0) is 0 Å². The van der Waals surface area contributed by atoms with Crippen LogP contribution in [0.15, 0.2) is 18.5 Å². The molecule has 1 N–H and O–H groups in total. The molecule has 17 heavy (non-hydrogen) atoms. The average Bonchev–Trinajstić information content (AvgIpc) is 2.29. The molecule has 0 aliphatic heterocycles. The van der Waals surface area contributed by atoms with Gasteiger partial charge in [-0.25, -0.2) is 0 Å². The van der Waals surface area contributed by atoms with Crippen molar-refractivity contribution in [2.24, 2.45) is 5.92 Å². The molecule has 0 bridgehead atoms. The van der Waals surface area contributed by atoms with Gasteiger partial charge in [-0.3, -0.25) is 4.98 Å². The molecule has 1 saturated carbocycles. The molecule has 3 heteroatoms. The lowest BCUT2D eigenvalue weighted by atomic mass is 9.85. The molecule has 3 nitrogen and oxygen atoms in total. The molecule has 1 aliphatic rings. The van der Waals surface area contributed by atoms with Gasteiger partial charge < -0.3 is 10.2 Å². The zero-order chi connectivity index (χ0) is 12.1. The summed E-state index contributed by atoms with van der Waals surface area (Å²) in [6.45, 7) is 7.53. The van der Waals surface area contributed by atoms with E-state index in [1.807, 2.05) is 12.4 Å². The average molecular weight is 233 g/mol. The molecule has 0 unspecified atom stereocenters. The van der Waals surface area contributed by atoms with Crippen molar-refractivity contribution in [2.75, 3.05) is 29.9 Å². The Morgan fingerprint density at radius 3 is 2.76 bits per heavy atom. The monoisotopic (exact) mass is 233 g/mol. The molecule has 1 aromatic heterocycles. The third-order valence-corrected chi connectivity index (χ3v) is 3.55. The third kappa shape index (κ3) is 3.11. The van der Waals surface area contributed by atoms with Crippen molar-refractivity contribution in [3.63, 3.8) is 0 Å². The first-order valence-corrected chi connectivity index (χ1v) is 6.77. The van der Waals surface area contributed by atoms with Gasteiger partial charge in [-0.1, -0.05) is 6.42 Å². The molecule has 2 rings (SSSR count). The van der Waals surface area contributed by atoms with Crippen molar-refractivity contribution in [1.82, 2.24) is 4.98 Å². The van der Waals surface area contributed by atoms with Gasteiger partial charge in [-0.05, 0) is 38.7 Å². The van der Waals surface area contributed by atoms with E-state index in [0.29, 0.717) is 0 Å². The van der Waals surface area contributed by atoms with Gasteiger partial charge in [0.2, 0.25) is 0 Å². The van der Waals surface area contributed by atoms with Crippen LogP contribution in [0, 0.1) is 5.92 Å². The van der Waals surface area contributed by atoms with E-state index >= 15 is 0 Å². The van der Waals surface area contributed by atoms with Crippen molar-refractivity contribution in [3.8, 4) is 0 Å². The minimum Gasteiger partial charge on any atom is -0.384 e. The zero-order valence-corrected chi connectivity index (χ0v) is 10.9. The maximum atomic E-state index is 4.32. The molecule has 1 aromatic rings. The molecule has 1 fully saturated rings. The van der Waals surface area contributed by atoms with E-state index < -0.39 is 0 Å². The Bertz CT molecular complexity index is 347. The van der Waals surface area contributed by atoms with Gasteiger partial charge in [0.05, 0.1) is 23.8 Å². The Morgan fingerprint density at radius 2 is 2.18 bits per heavy atom. The highest BCUT2D eigenvalue weighted by Crippen LogP contribution is 2.29. The normalized spacial score (nSPS) is 15.4. The van der Waals surface area contributed by atoms with Crippen molar-refractivity contribution in [2.45, 2.75) is 33.1 Å². The molecule has 1 heterocycles. The molecule has 0 atom stereocenters.